The van der Waals surface area contributed by atoms with Crippen molar-refractivity contribution in [3.05, 3.63) is 29.8 Å². The van der Waals surface area contributed by atoms with Gasteiger partial charge in [0, 0.05) is 0 Å². The Kier molecular flexibility index (Phi) is 3.15. The number of nitrogens with zero attached hydrogens (tertiary/aromatic N) is 1. The molecule has 1 aromatic rings. The molecule has 0 aliphatic carbocycles. The standard InChI is InChI=1S/C10H12N2O2S/c1-13-9-4-2-8(3-5-9)7-12-11-6-10(15)14-12/h2-5,11H,6-7H2,1H3. The molecule has 0 radical (unpaired) electrons. The van der Waals surface area contributed by atoms with Crippen molar-refractivity contribution in [2.75, 3.05) is 13.7 Å². The first-order chi connectivity index (χ1) is 7.28. The van der Waals surface area contributed by atoms with Crippen molar-refractivity contribution in [2.24, 2.45) is 0 Å². The number of hydroxylamine groups is 1. The molecule has 4 nitrogen and oxygen atoms in total. The molecule has 0 saturated carbocycles. The van der Waals surface area contributed by atoms with Crippen molar-refractivity contribution in [1.29, 1.82) is 0 Å². The number of hydrogen-bond donors (Lipinski definition) is 1. The number of benzene rings is 1. The Morgan fingerprint density at radius 2 is 2.20 bits per heavy atom. The van der Waals surface area contributed by atoms with Crippen LogP contribution in [-0.2, 0) is 11.4 Å². The molecule has 0 spiro atoms. The highest BCUT2D eigenvalue weighted by Gasteiger charge is 2.17. The van der Waals surface area contributed by atoms with E-state index in [2.05, 4.69) is 5.43 Å². The summed E-state index contributed by atoms with van der Waals surface area (Å²) in [4.78, 5) is 5.24. The molecule has 5 heteroatoms. The molecule has 1 aromatic carbocycles. The Balaban J connectivity index is 1.96. The van der Waals surface area contributed by atoms with Crippen LogP contribution >= 0.6 is 12.2 Å². The third-order valence-electron chi connectivity index (χ3n) is 2.10. The predicted octanol–water partition coefficient (Wildman–Crippen LogP) is 1.27. The van der Waals surface area contributed by atoms with Crippen molar-refractivity contribution in [3.8, 4) is 5.75 Å². The molecule has 2 rings (SSSR count). The van der Waals surface area contributed by atoms with Gasteiger partial charge in [0.25, 0.3) is 0 Å². The molecule has 1 saturated heterocycles. The maximum Gasteiger partial charge on any atom is 0.204 e. The number of methoxy groups -OCH3 is 1. The third kappa shape index (κ3) is 2.65. The van der Waals surface area contributed by atoms with Gasteiger partial charge in [-0.15, -0.1) is 0 Å². The minimum absolute atomic E-state index is 0.573. The first-order valence-electron chi connectivity index (χ1n) is 4.63. The topological polar surface area (TPSA) is 33.7 Å². The summed E-state index contributed by atoms with van der Waals surface area (Å²) in [5.74, 6) is 0.851. The summed E-state index contributed by atoms with van der Waals surface area (Å²) in [6.07, 6.45) is 0. The van der Waals surface area contributed by atoms with Gasteiger partial charge in [0.15, 0.2) is 0 Å². The average molecular weight is 224 g/mol. The lowest BCUT2D eigenvalue weighted by molar-refractivity contribution is -0.0912. The van der Waals surface area contributed by atoms with Crippen molar-refractivity contribution >= 4 is 17.3 Å². The van der Waals surface area contributed by atoms with Gasteiger partial charge in [0.05, 0.1) is 20.2 Å². The van der Waals surface area contributed by atoms with Crippen LogP contribution < -0.4 is 10.2 Å². The molecule has 0 bridgehead atoms. The van der Waals surface area contributed by atoms with E-state index in [-0.39, 0.29) is 0 Å². The van der Waals surface area contributed by atoms with E-state index in [1.165, 1.54) is 0 Å². The van der Waals surface area contributed by atoms with Crippen molar-refractivity contribution in [3.63, 3.8) is 0 Å². The van der Waals surface area contributed by atoms with E-state index in [9.17, 15) is 0 Å². The molecule has 1 N–H and O–H groups in total. The van der Waals surface area contributed by atoms with Gasteiger partial charge in [-0.2, -0.15) is 0 Å². The summed E-state index contributed by atoms with van der Waals surface area (Å²) in [7, 11) is 1.65. The maximum atomic E-state index is 5.24. The van der Waals surface area contributed by atoms with Gasteiger partial charge in [-0.1, -0.05) is 17.3 Å². The van der Waals surface area contributed by atoms with Gasteiger partial charge >= 0.3 is 0 Å². The summed E-state index contributed by atoms with van der Waals surface area (Å²) in [5, 5.41) is 2.20. The summed E-state index contributed by atoms with van der Waals surface area (Å²) < 4.78 is 5.07. The SMILES string of the molecule is COc1ccc(CN2NCC(=S)O2)cc1. The van der Waals surface area contributed by atoms with Crippen LogP contribution in [-0.4, -0.2) is 23.9 Å². The van der Waals surface area contributed by atoms with E-state index in [1.54, 1.807) is 12.3 Å². The second-order valence-corrected chi connectivity index (χ2v) is 3.64. The molecule has 0 amide bonds. The molecule has 1 aliphatic heterocycles. The summed E-state index contributed by atoms with van der Waals surface area (Å²) in [6.45, 7) is 1.26. The van der Waals surface area contributed by atoms with Crippen LogP contribution in [0.3, 0.4) is 0 Å². The van der Waals surface area contributed by atoms with E-state index >= 15 is 0 Å². The zero-order chi connectivity index (χ0) is 10.7. The average Bonchev–Trinajstić information content (AvgIpc) is 2.65. The van der Waals surface area contributed by atoms with Crippen LogP contribution in [0.15, 0.2) is 24.3 Å². The van der Waals surface area contributed by atoms with Crippen molar-refractivity contribution < 1.29 is 9.57 Å². The second-order valence-electron chi connectivity index (χ2n) is 3.18. The Hall–Kier alpha value is -1.17. The fraction of sp³-hybridized carbons (Fsp3) is 0.300. The lowest BCUT2D eigenvalue weighted by Crippen LogP contribution is -2.28. The molecule has 0 unspecified atom stereocenters. The van der Waals surface area contributed by atoms with Gasteiger partial charge in [0.1, 0.15) is 5.75 Å². The number of thiocarbonyl (C=S) groups is 1. The van der Waals surface area contributed by atoms with Crippen LogP contribution in [0.25, 0.3) is 0 Å². The number of ether oxygens (including phenoxy) is 1. The molecule has 1 fully saturated rings. The van der Waals surface area contributed by atoms with E-state index in [4.69, 9.17) is 21.8 Å². The Morgan fingerprint density at radius 1 is 1.47 bits per heavy atom. The summed E-state index contributed by atoms with van der Waals surface area (Å²) in [6, 6.07) is 7.82. The van der Waals surface area contributed by atoms with Crippen LogP contribution in [0.4, 0.5) is 0 Å². The minimum atomic E-state index is 0.573. The zero-order valence-electron chi connectivity index (χ0n) is 8.40. The molecule has 80 valence electrons. The van der Waals surface area contributed by atoms with Gasteiger partial charge in [-0.3, -0.25) is 0 Å². The van der Waals surface area contributed by atoms with Gasteiger partial charge in [0.2, 0.25) is 5.05 Å². The van der Waals surface area contributed by atoms with Crippen LogP contribution in [0.1, 0.15) is 5.56 Å². The predicted molar refractivity (Wildman–Crippen MR) is 60.2 cm³/mol. The monoisotopic (exact) mass is 224 g/mol. The molecule has 0 atom stereocenters. The first-order valence-corrected chi connectivity index (χ1v) is 5.03. The molecule has 0 aromatic heterocycles. The fourth-order valence-corrected chi connectivity index (χ4v) is 1.48. The van der Waals surface area contributed by atoms with E-state index in [0.29, 0.717) is 18.1 Å². The number of nitrogens with one attached hydrogen (secondary N) is 1. The highest BCUT2D eigenvalue weighted by atomic mass is 32.1. The minimum Gasteiger partial charge on any atom is -0.497 e. The largest absolute Gasteiger partial charge is 0.497 e. The van der Waals surface area contributed by atoms with Crippen molar-refractivity contribution in [1.82, 2.24) is 10.6 Å². The fourth-order valence-electron chi connectivity index (χ4n) is 1.33. The third-order valence-corrected chi connectivity index (χ3v) is 2.32. The molecule has 1 aliphatic rings. The van der Waals surface area contributed by atoms with E-state index in [1.807, 2.05) is 24.3 Å². The lowest BCUT2D eigenvalue weighted by Gasteiger charge is -2.13. The quantitative estimate of drug-likeness (QED) is 0.782. The molecule has 1 heterocycles. The van der Waals surface area contributed by atoms with Crippen LogP contribution in [0.5, 0.6) is 5.75 Å². The highest BCUT2D eigenvalue weighted by Crippen LogP contribution is 2.13. The number of hydrazine groups is 1. The van der Waals surface area contributed by atoms with Gasteiger partial charge < -0.3 is 9.57 Å². The van der Waals surface area contributed by atoms with Crippen molar-refractivity contribution in [2.45, 2.75) is 6.54 Å². The normalized spacial score (nSPS) is 16.5. The first kappa shape index (κ1) is 10.4. The summed E-state index contributed by atoms with van der Waals surface area (Å²) >= 11 is 4.91. The van der Waals surface area contributed by atoms with Gasteiger partial charge in [-0.05, 0) is 29.9 Å². The van der Waals surface area contributed by atoms with E-state index < -0.39 is 0 Å². The van der Waals surface area contributed by atoms with E-state index in [0.717, 1.165) is 11.3 Å². The zero-order valence-corrected chi connectivity index (χ0v) is 9.21. The Labute approximate surface area is 93.7 Å². The second kappa shape index (κ2) is 4.57. The van der Waals surface area contributed by atoms with Gasteiger partial charge in [-0.25, -0.2) is 5.43 Å². The van der Waals surface area contributed by atoms with Crippen LogP contribution in [0.2, 0.25) is 0 Å². The molecule has 15 heavy (non-hydrogen) atoms. The summed E-state index contributed by atoms with van der Waals surface area (Å²) in [5.41, 5.74) is 4.15. The lowest BCUT2D eigenvalue weighted by atomic mass is 10.2. The highest BCUT2D eigenvalue weighted by molar-refractivity contribution is 7.80. The Morgan fingerprint density at radius 3 is 2.73 bits per heavy atom. The number of rotatable bonds is 3. The maximum absolute atomic E-state index is 5.24. The number of hydrogen-bond acceptors (Lipinski definition) is 5. The molecular formula is C10H12N2O2S. The smallest absolute Gasteiger partial charge is 0.204 e. The Bertz CT molecular complexity index is 353. The molecular weight excluding hydrogens is 212 g/mol. The van der Waals surface area contributed by atoms with Crippen LogP contribution in [0, 0.1) is 0 Å².